The van der Waals surface area contributed by atoms with E-state index in [1.807, 2.05) is 19.1 Å². The Bertz CT molecular complexity index is 1760. The average Bonchev–Trinajstić information content (AvgIpc) is 3.52. The highest BCUT2D eigenvalue weighted by Crippen LogP contribution is 2.38. The molecular weight excluding hydrogens is 616 g/mol. The number of halogens is 1. The maximum atomic E-state index is 14.0. The maximum absolute atomic E-state index is 14.0. The number of hydrogen-bond donors (Lipinski definition) is 0. The quantitative estimate of drug-likeness (QED) is 0.188. The van der Waals surface area contributed by atoms with Crippen molar-refractivity contribution in [1.29, 1.82) is 0 Å². The Kier molecular flexibility index (Phi) is 8.67. The van der Waals surface area contributed by atoms with E-state index in [1.54, 1.807) is 61.3 Å². The number of carbonyl (C=O) groups is 1. The van der Waals surface area contributed by atoms with Crippen LogP contribution >= 0.6 is 39.0 Å². The van der Waals surface area contributed by atoms with Crippen LogP contribution in [0.1, 0.15) is 44.1 Å². The highest BCUT2D eigenvalue weighted by molar-refractivity contribution is 9.10. The van der Waals surface area contributed by atoms with Crippen molar-refractivity contribution < 1.29 is 18.7 Å². The second kappa shape index (κ2) is 12.4. The van der Waals surface area contributed by atoms with Gasteiger partial charge in [0.15, 0.2) is 15.1 Å². The van der Waals surface area contributed by atoms with Crippen molar-refractivity contribution in [2.24, 2.45) is 4.99 Å². The van der Waals surface area contributed by atoms with Gasteiger partial charge < -0.3 is 13.9 Å². The first-order chi connectivity index (χ1) is 19.4. The summed E-state index contributed by atoms with van der Waals surface area (Å²) in [5, 5.41) is 1.15. The Morgan fingerprint density at radius 2 is 2.02 bits per heavy atom. The number of thiazole rings is 1. The van der Waals surface area contributed by atoms with Crippen LogP contribution in [0, 0.1) is 0 Å². The number of rotatable bonds is 9. The number of methoxy groups -OCH3 is 1. The van der Waals surface area contributed by atoms with E-state index in [4.69, 9.17) is 18.9 Å². The molecule has 3 aromatic heterocycles. The summed E-state index contributed by atoms with van der Waals surface area (Å²) >= 11 is 6.06. The summed E-state index contributed by atoms with van der Waals surface area (Å²) in [6, 6.07) is 10.0. The lowest BCUT2D eigenvalue weighted by Crippen LogP contribution is -2.40. The van der Waals surface area contributed by atoms with Crippen LogP contribution in [0.5, 0.6) is 5.75 Å². The van der Waals surface area contributed by atoms with Crippen LogP contribution in [0.3, 0.4) is 0 Å². The third-order valence-corrected chi connectivity index (χ3v) is 8.28. The Labute approximate surface area is 246 Å². The molecule has 9 nitrogen and oxygen atoms in total. The fourth-order valence-electron chi connectivity index (χ4n) is 4.36. The van der Waals surface area contributed by atoms with Crippen molar-refractivity contribution in [3.8, 4) is 5.75 Å². The first-order valence-corrected chi connectivity index (χ1v) is 15.0. The van der Waals surface area contributed by atoms with E-state index in [-0.39, 0.29) is 12.2 Å². The molecule has 40 heavy (non-hydrogen) atoms. The number of ether oxygens (including phenoxy) is 2. The van der Waals surface area contributed by atoms with Crippen molar-refractivity contribution in [3.05, 3.63) is 95.5 Å². The minimum absolute atomic E-state index is 0.196. The molecule has 12 heteroatoms. The Morgan fingerprint density at radius 3 is 2.75 bits per heavy atom. The molecule has 0 N–H and O–H groups in total. The molecule has 1 aromatic carbocycles. The van der Waals surface area contributed by atoms with Crippen molar-refractivity contribution >= 4 is 51.1 Å². The second-order valence-electron chi connectivity index (χ2n) is 8.59. The van der Waals surface area contributed by atoms with Crippen LogP contribution < -0.4 is 19.6 Å². The highest BCUT2D eigenvalue weighted by Gasteiger charge is 2.36. The summed E-state index contributed by atoms with van der Waals surface area (Å²) in [4.78, 5) is 41.0. The van der Waals surface area contributed by atoms with Gasteiger partial charge in [-0.1, -0.05) is 40.6 Å². The second-order valence-corrected chi connectivity index (χ2v) is 11.5. The number of hydrogen-bond acceptors (Lipinski definition) is 10. The summed E-state index contributed by atoms with van der Waals surface area (Å²) < 4.78 is 19.8. The van der Waals surface area contributed by atoms with E-state index >= 15 is 0 Å². The van der Waals surface area contributed by atoms with Crippen LogP contribution in [0.4, 0.5) is 0 Å². The van der Waals surface area contributed by atoms with Gasteiger partial charge in [-0.15, -0.1) is 0 Å². The molecule has 206 valence electrons. The summed E-state index contributed by atoms with van der Waals surface area (Å²) in [6.45, 7) is 3.96. The van der Waals surface area contributed by atoms with Crippen LogP contribution in [-0.2, 0) is 9.53 Å². The van der Waals surface area contributed by atoms with Crippen molar-refractivity contribution in [1.82, 2.24) is 14.5 Å². The van der Waals surface area contributed by atoms with Gasteiger partial charge in [-0.3, -0.25) is 9.36 Å². The molecule has 1 aliphatic rings. The molecule has 1 atom stereocenters. The molecule has 5 rings (SSSR count). The van der Waals surface area contributed by atoms with Crippen LogP contribution in [0.2, 0.25) is 0 Å². The van der Waals surface area contributed by atoms with Crippen LogP contribution in [0.15, 0.2) is 89.0 Å². The zero-order valence-corrected chi connectivity index (χ0v) is 25.1. The Morgan fingerprint density at radius 1 is 1.23 bits per heavy atom. The van der Waals surface area contributed by atoms with E-state index < -0.39 is 12.0 Å². The van der Waals surface area contributed by atoms with Gasteiger partial charge in [0, 0.05) is 28.5 Å². The fraction of sp³-hybridized carbons (Fsp3) is 0.250. The van der Waals surface area contributed by atoms with E-state index in [0.717, 1.165) is 10.9 Å². The van der Waals surface area contributed by atoms with Crippen molar-refractivity contribution in [2.45, 2.75) is 43.0 Å². The standard InChI is InChI=1S/C28H25BrN4O5S2/c1-4-7-19-23(26(35)37-5-2)24(18-14-16(29)8-10-20(18)36-3)33-25(34)21(39-28(33)32-19)15-17-9-11-22(38-17)40-27-30-12-6-13-31-27/h6,8-15,24H,4-5,7H2,1-3H3/b21-15-/t24-/m0/s1. The molecule has 4 heterocycles. The number of fused-ring (bicyclic) bond motifs is 1. The zero-order valence-electron chi connectivity index (χ0n) is 21.9. The lowest BCUT2D eigenvalue weighted by Gasteiger charge is -2.27. The maximum Gasteiger partial charge on any atom is 0.338 e. The van der Waals surface area contributed by atoms with Gasteiger partial charge in [-0.2, -0.15) is 0 Å². The molecule has 0 radical (unpaired) electrons. The monoisotopic (exact) mass is 640 g/mol. The summed E-state index contributed by atoms with van der Waals surface area (Å²) in [5.74, 6) is 0.531. The van der Waals surface area contributed by atoms with Gasteiger partial charge in [-0.25, -0.2) is 19.8 Å². The van der Waals surface area contributed by atoms with E-state index in [9.17, 15) is 9.59 Å². The minimum Gasteiger partial charge on any atom is -0.496 e. The van der Waals surface area contributed by atoms with Crippen LogP contribution in [0.25, 0.3) is 6.08 Å². The smallest absolute Gasteiger partial charge is 0.338 e. The van der Waals surface area contributed by atoms with E-state index in [2.05, 4.69) is 25.9 Å². The summed E-state index contributed by atoms with van der Waals surface area (Å²) in [7, 11) is 1.56. The van der Waals surface area contributed by atoms with Gasteiger partial charge in [0.05, 0.1) is 29.5 Å². The summed E-state index contributed by atoms with van der Waals surface area (Å²) in [5.41, 5.74) is 1.28. The van der Waals surface area contributed by atoms with Gasteiger partial charge in [-0.05, 0) is 61.5 Å². The Hall–Kier alpha value is -3.48. The molecule has 0 saturated carbocycles. The number of allylic oxidation sites excluding steroid dienone is 1. The molecule has 0 aliphatic carbocycles. The molecule has 0 fully saturated rings. The number of carbonyl (C=O) groups excluding carboxylic acids is 1. The molecule has 0 spiro atoms. The molecular formula is C28H25BrN4O5S2. The predicted molar refractivity (Wildman–Crippen MR) is 155 cm³/mol. The third kappa shape index (κ3) is 5.70. The predicted octanol–water partition coefficient (Wildman–Crippen LogP) is 4.88. The van der Waals surface area contributed by atoms with E-state index in [1.165, 1.54) is 23.1 Å². The molecule has 0 bridgehead atoms. The van der Waals surface area contributed by atoms with Crippen molar-refractivity contribution in [3.63, 3.8) is 0 Å². The molecule has 4 aromatic rings. The molecule has 1 aliphatic heterocycles. The first-order valence-electron chi connectivity index (χ1n) is 12.5. The molecule has 0 unspecified atom stereocenters. The molecule has 0 saturated heterocycles. The van der Waals surface area contributed by atoms with Crippen molar-refractivity contribution in [2.75, 3.05) is 13.7 Å². The number of esters is 1. The first kappa shape index (κ1) is 28.1. The SMILES string of the molecule is CCCC1=C(C(=O)OCC)[C@H](c2cc(Br)ccc2OC)n2c(s/c(=C\c3ccc(Sc4ncccn4)o3)c2=O)=N1. The minimum atomic E-state index is -0.788. The average molecular weight is 642 g/mol. The van der Waals surface area contributed by atoms with Gasteiger partial charge >= 0.3 is 5.97 Å². The number of nitrogens with zero attached hydrogens (tertiary/aromatic N) is 4. The normalized spacial score (nSPS) is 15.1. The zero-order chi connectivity index (χ0) is 28.2. The van der Waals surface area contributed by atoms with Crippen LogP contribution in [-0.4, -0.2) is 34.2 Å². The largest absolute Gasteiger partial charge is 0.496 e. The lowest BCUT2D eigenvalue weighted by molar-refractivity contribution is -0.139. The Balaban J connectivity index is 1.67. The number of furan rings is 1. The van der Waals surface area contributed by atoms with E-state index in [0.29, 0.717) is 54.3 Å². The number of benzene rings is 1. The topological polar surface area (TPSA) is 109 Å². The lowest BCUT2D eigenvalue weighted by atomic mass is 9.93. The highest BCUT2D eigenvalue weighted by atomic mass is 79.9. The third-order valence-electron chi connectivity index (χ3n) is 5.99. The molecule has 0 amide bonds. The fourth-order valence-corrected chi connectivity index (χ4v) is 6.42. The van der Waals surface area contributed by atoms with Gasteiger partial charge in [0.25, 0.3) is 5.56 Å². The number of aromatic nitrogens is 3. The summed E-state index contributed by atoms with van der Waals surface area (Å²) in [6.07, 6.45) is 6.31. The van der Waals surface area contributed by atoms with Gasteiger partial charge in [0.2, 0.25) is 0 Å². The van der Waals surface area contributed by atoms with Gasteiger partial charge in [0.1, 0.15) is 17.6 Å².